The highest BCUT2D eigenvalue weighted by molar-refractivity contribution is 5.94. The lowest BCUT2D eigenvalue weighted by molar-refractivity contribution is 0.0743. The number of rotatable bonds is 7. The summed E-state index contributed by atoms with van der Waals surface area (Å²) in [6.07, 6.45) is 6.21. The van der Waals surface area contributed by atoms with Gasteiger partial charge in [0.15, 0.2) is 0 Å². The van der Waals surface area contributed by atoms with Gasteiger partial charge in [-0.05, 0) is 31.9 Å². The Morgan fingerprint density at radius 2 is 1.86 bits per heavy atom. The zero-order valence-electron chi connectivity index (χ0n) is 13.3. The van der Waals surface area contributed by atoms with Crippen molar-refractivity contribution in [2.24, 2.45) is 0 Å². The third-order valence-electron chi connectivity index (χ3n) is 3.76. The second-order valence-corrected chi connectivity index (χ2v) is 5.47. The van der Waals surface area contributed by atoms with Gasteiger partial charge in [0.05, 0.1) is 5.69 Å². The second-order valence-electron chi connectivity index (χ2n) is 5.47. The molecule has 21 heavy (non-hydrogen) atoms. The number of aryl methyl sites for hydroxylation is 1. The van der Waals surface area contributed by atoms with Crippen LogP contribution in [0.15, 0.2) is 24.4 Å². The number of amides is 1. The van der Waals surface area contributed by atoms with Gasteiger partial charge in [0.25, 0.3) is 5.91 Å². The molecular weight excluding hydrogens is 262 g/mol. The number of aromatic nitrogens is 2. The number of unbranched alkanes of at least 4 members (excludes halogenated alkanes) is 2. The zero-order valence-corrected chi connectivity index (χ0v) is 13.3. The summed E-state index contributed by atoms with van der Waals surface area (Å²) in [5.41, 5.74) is 2.35. The van der Waals surface area contributed by atoms with Crippen molar-refractivity contribution in [3.05, 3.63) is 35.8 Å². The summed E-state index contributed by atoms with van der Waals surface area (Å²) in [7, 11) is 0. The van der Waals surface area contributed by atoms with Gasteiger partial charge in [0.1, 0.15) is 11.3 Å². The number of imidazole rings is 1. The molecule has 0 fully saturated rings. The first-order valence-corrected chi connectivity index (χ1v) is 7.92. The van der Waals surface area contributed by atoms with Crippen LogP contribution in [-0.4, -0.2) is 33.3 Å². The van der Waals surface area contributed by atoms with Crippen molar-refractivity contribution in [1.82, 2.24) is 14.3 Å². The predicted octanol–water partition coefficient (Wildman–Crippen LogP) is 3.69. The molecule has 0 aliphatic rings. The number of hydrogen-bond donors (Lipinski definition) is 0. The molecule has 1 amide bonds. The van der Waals surface area contributed by atoms with E-state index in [1.807, 2.05) is 40.6 Å². The van der Waals surface area contributed by atoms with Crippen LogP contribution >= 0.6 is 0 Å². The lowest BCUT2D eigenvalue weighted by atomic mass is 10.2. The van der Waals surface area contributed by atoms with E-state index < -0.39 is 0 Å². The molecule has 0 spiro atoms. The average Bonchev–Trinajstić information content (AvgIpc) is 2.82. The summed E-state index contributed by atoms with van der Waals surface area (Å²) in [6.45, 7) is 7.88. The van der Waals surface area contributed by atoms with E-state index in [-0.39, 0.29) is 5.91 Å². The van der Waals surface area contributed by atoms with Crippen molar-refractivity contribution in [2.45, 2.75) is 46.5 Å². The molecule has 2 aromatic rings. The van der Waals surface area contributed by atoms with Crippen molar-refractivity contribution < 1.29 is 4.79 Å². The first kappa shape index (κ1) is 15.5. The third-order valence-corrected chi connectivity index (χ3v) is 3.76. The molecule has 2 heterocycles. The van der Waals surface area contributed by atoms with Crippen LogP contribution in [0.3, 0.4) is 0 Å². The van der Waals surface area contributed by atoms with E-state index in [4.69, 9.17) is 0 Å². The van der Waals surface area contributed by atoms with Crippen LogP contribution in [0, 0.1) is 6.92 Å². The predicted molar refractivity (Wildman–Crippen MR) is 85.6 cm³/mol. The van der Waals surface area contributed by atoms with Crippen molar-refractivity contribution in [2.75, 3.05) is 13.1 Å². The fourth-order valence-electron chi connectivity index (χ4n) is 2.53. The van der Waals surface area contributed by atoms with Crippen molar-refractivity contribution in [3.8, 4) is 0 Å². The fourth-order valence-corrected chi connectivity index (χ4v) is 2.53. The molecule has 2 aromatic heterocycles. The molecule has 4 nitrogen and oxygen atoms in total. The second kappa shape index (κ2) is 7.25. The van der Waals surface area contributed by atoms with E-state index in [0.717, 1.165) is 50.1 Å². The van der Waals surface area contributed by atoms with Crippen LogP contribution in [0.25, 0.3) is 5.65 Å². The maximum atomic E-state index is 12.9. The molecule has 0 saturated heterocycles. The van der Waals surface area contributed by atoms with Gasteiger partial charge in [-0.3, -0.25) is 9.20 Å². The third kappa shape index (κ3) is 3.43. The van der Waals surface area contributed by atoms with E-state index >= 15 is 0 Å². The van der Waals surface area contributed by atoms with Crippen LogP contribution in [0.5, 0.6) is 0 Å². The standard InChI is InChI=1S/C17H25N3O/c1-4-6-11-19(12-7-5-2)17(21)16-14(3)18-15-10-8-9-13-20(15)16/h8-10,13H,4-7,11-12H2,1-3H3. The normalized spacial score (nSPS) is 11.0. The highest BCUT2D eigenvalue weighted by Crippen LogP contribution is 2.15. The largest absolute Gasteiger partial charge is 0.337 e. The van der Waals surface area contributed by atoms with Crippen molar-refractivity contribution >= 4 is 11.6 Å². The SMILES string of the molecule is CCCCN(CCCC)C(=O)c1c(C)nc2ccccn12. The van der Waals surface area contributed by atoms with Crippen LogP contribution in [0.4, 0.5) is 0 Å². The molecule has 0 unspecified atom stereocenters. The minimum atomic E-state index is 0.105. The molecule has 114 valence electrons. The van der Waals surface area contributed by atoms with Crippen LogP contribution in [0.1, 0.15) is 55.7 Å². The Hall–Kier alpha value is -1.84. The van der Waals surface area contributed by atoms with E-state index in [1.54, 1.807) is 0 Å². The molecular formula is C17H25N3O. The molecule has 0 aliphatic carbocycles. The average molecular weight is 287 g/mol. The highest BCUT2D eigenvalue weighted by Gasteiger charge is 2.21. The van der Waals surface area contributed by atoms with E-state index in [2.05, 4.69) is 18.8 Å². The Morgan fingerprint density at radius 3 is 2.48 bits per heavy atom. The maximum absolute atomic E-state index is 12.9. The number of pyridine rings is 1. The molecule has 0 aromatic carbocycles. The Labute approximate surface area is 126 Å². The van der Waals surface area contributed by atoms with Gasteiger partial charge in [0.2, 0.25) is 0 Å². The minimum absolute atomic E-state index is 0.105. The topological polar surface area (TPSA) is 37.6 Å². The first-order chi connectivity index (χ1) is 10.2. The first-order valence-electron chi connectivity index (χ1n) is 7.92. The number of carbonyl (C=O) groups is 1. The van der Waals surface area contributed by atoms with E-state index in [1.165, 1.54) is 0 Å². The number of hydrogen-bond acceptors (Lipinski definition) is 2. The summed E-state index contributed by atoms with van der Waals surface area (Å²) in [6, 6.07) is 5.82. The van der Waals surface area contributed by atoms with Crippen LogP contribution < -0.4 is 0 Å². The number of fused-ring (bicyclic) bond motifs is 1. The van der Waals surface area contributed by atoms with Crippen LogP contribution in [-0.2, 0) is 0 Å². The molecule has 0 N–H and O–H groups in total. The van der Waals surface area contributed by atoms with Crippen molar-refractivity contribution in [1.29, 1.82) is 0 Å². The molecule has 0 radical (unpaired) electrons. The quantitative estimate of drug-likeness (QED) is 0.779. The summed E-state index contributed by atoms with van der Waals surface area (Å²) in [5, 5.41) is 0. The smallest absolute Gasteiger partial charge is 0.272 e. The molecule has 4 heteroatoms. The molecule has 0 bridgehead atoms. The number of nitrogens with zero attached hydrogens (tertiary/aromatic N) is 3. The number of carbonyl (C=O) groups excluding carboxylic acids is 1. The molecule has 2 rings (SSSR count). The summed E-state index contributed by atoms with van der Waals surface area (Å²) in [5.74, 6) is 0.105. The minimum Gasteiger partial charge on any atom is -0.337 e. The van der Waals surface area contributed by atoms with Gasteiger partial charge in [0, 0.05) is 19.3 Å². The van der Waals surface area contributed by atoms with E-state index in [9.17, 15) is 4.79 Å². The Morgan fingerprint density at radius 1 is 1.19 bits per heavy atom. The Kier molecular flexibility index (Phi) is 5.37. The van der Waals surface area contributed by atoms with Gasteiger partial charge >= 0.3 is 0 Å². The van der Waals surface area contributed by atoms with Gasteiger partial charge in [-0.15, -0.1) is 0 Å². The molecule has 0 atom stereocenters. The fraction of sp³-hybridized carbons (Fsp3) is 0.529. The summed E-state index contributed by atoms with van der Waals surface area (Å²) in [4.78, 5) is 19.4. The van der Waals surface area contributed by atoms with Gasteiger partial charge in [-0.2, -0.15) is 0 Å². The van der Waals surface area contributed by atoms with Gasteiger partial charge in [-0.25, -0.2) is 4.98 Å². The van der Waals surface area contributed by atoms with Crippen molar-refractivity contribution in [3.63, 3.8) is 0 Å². The lowest BCUT2D eigenvalue weighted by Gasteiger charge is -2.22. The Balaban J connectivity index is 2.31. The van der Waals surface area contributed by atoms with Gasteiger partial charge in [-0.1, -0.05) is 32.8 Å². The maximum Gasteiger partial charge on any atom is 0.272 e. The lowest BCUT2D eigenvalue weighted by Crippen LogP contribution is -2.34. The van der Waals surface area contributed by atoms with Crippen LogP contribution in [0.2, 0.25) is 0 Å². The molecule has 0 aliphatic heterocycles. The monoisotopic (exact) mass is 287 g/mol. The molecule has 0 saturated carbocycles. The zero-order chi connectivity index (χ0) is 15.2. The highest BCUT2D eigenvalue weighted by atomic mass is 16.2. The summed E-state index contributed by atoms with van der Waals surface area (Å²) >= 11 is 0. The van der Waals surface area contributed by atoms with Gasteiger partial charge < -0.3 is 4.90 Å². The van der Waals surface area contributed by atoms with E-state index in [0.29, 0.717) is 5.69 Å². The Bertz CT molecular complexity index is 595. The summed E-state index contributed by atoms with van der Waals surface area (Å²) < 4.78 is 1.91.